The van der Waals surface area contributed by atoms with Gasteiger partial charge in [-0.05, 0) is 55.2 Å². The normalized spacial score (nSPS) is 17.6. The molecular weight excluding hydrogens is 486 g/mol. The van der Waals surface area contributed by atoms with Gasteiger partial charge in [0.05, 0.1) is 6.10 Å². The number of hydrogen-bond acceptors (Lipinski definition) is 6. The number of aliphatic imine (C=N–C) groups is 1. The van der Waals surface area contributed by atoms with E-state index in [0.717, 1.165) is 48.9 Å². The summed E-state index contributed by atoms with van der Waals surface area (Å²) in [5.74, 6) is 0.449. The number of halogens is 1. The van der Waals surface area contributed by atoms with E-state index in [4.69, 9.17) is 11.6 Å². The average molecular weight is 520 g/mol. The van der Waals surface area contributed by atoms with Gasteiger partial charge in [-0.25, -0.2) is 4.72 Å². The molecule has 0 aliphatic carbocycles. The molecule has 35 heavy (non-hydrogen) atoms. The molecule has 0 saturated carbocycles. The van der Waals surface area contributed by atoms with Gasteiger partial charge < -0.3 is 15.7 Å². The fourth-order valence-electron chi connectivity index (χ4n) is 3.76. The lowest BCUT2D eigenvalue weighted by atomic mass is 10.1. The molecule has 1 heterocycles. The molecule has 10 heteroatoms. The Labute approximate surface area is 213 Å². The Morgan fingerprint density at radius 1 is 1.14 bits per heavy atom. The van der Waals surface area contributed by atoms with Gasteiger partial charge in [0.2, 0.25) is 0 Å². The molecule has 0 bridgehead atoms. The molecule has 8 nitrogen and oxygen atoms in total. The highest BCUT2D eigenvalue weighted by Crippen LogP contribution is 2.18. The van der Waals surface area contributed by atoms with Crippen molar-refractivity contribution in [2.45, 2.75) is 58.1 Å². The van der Waals surface area contributed by atoms with Crippen molar-refractivity contribution < 1.29 is 13.5 Å². The van der Waals surface area contributed by atoms with E-state index in [1.807, 2.05) is 43.3 Å². The van der Waals surface area contributed by atoms with Crippen LogP contribution in [0, 0.1) is 0 Å². The summed E-state index contributed by atoms with van der Waals surface area (Å²) in [6.07, 6.45) is 4.29. The predicted octanol–water partition coefficient (Wildman–Crippen LogP) is 4.23. The van der Waals surface area contributed by atoms with Crippen molar-refractivity contribution in [3.05, 3.63) is 64.7 Å². The van der Waals surface area contributed by atoms with Crippen molar-refractivity contribution in [3.8, 4) is 0 Å². The van der Waals surface area contributed by atoms with Crippen LogP contribution in [0.2, 0.25) is 5.02 Å². The van der Waals surface area contributed by atoms with E-state index in [0.29, 0.717) is 18.1 Å². The van der Waals surface area contributed by atoms with Gasteiger partial charge in [-0.15, -0.1) is 4.40 Å². The van der Waals surface area contributed by atoms with Crippen molar-refractivity contribution in [3.63, 3.8) is 0 Å². The summed E-state index contributed by atoms with van der Waals surface area (Å²) < 4.78 is 30.1. The van der Waals surface area contributed by atoms with E-state index >= 15 is 0 Å². The van der Waals surface area contributed by atoms with Crippen molar-refractivity contribution >= 4 is 39.2 Å². The molecule has 0 fully saturated rings. The van der Waals surface area contributed by atoms with Crippen LogP contribution in [0.25, 0.3) is 0 Å². The Morgan fingerprint density at radius 2 is 1.94 bits per heavy atom. The quantitative estimate of drug-likeness (QED) is 0.313. The summed E-state index contributed by atoms with van der Waals surface area (Å²) in [6, 6.07) is 15.0. The van der Waals surface area contributed by atoms with E-state index in [2.05, 4.69) is 31.7 Å². The van der Waals surface area contributed by atoms with Crippen LogP contribution in [0.3, 0.4) is 0 Å². The second-order valence-electron chi connectivity index (χ2n) is 8.72. The molecule has 1 aliphatic heterocycles. The highest BCUT2D eigenvalue weighted by atomic mass is 35.5. The number of unbranched alkanes of at least 4 members (excludes halogenated alkanes) is 3. The first-order valence-corrected chi connectivity index (χ1v) is 13.8. The molecule has 0 amide bonds. The van der Waals surface area contributed by atoms with Crippen LogP contribution in [0.5, 0.6) is 0 Å². The predicted molar refractivity (Wildman–Crippen MR) is 144 cm³/mol. The molecule has 4 N–H and O–H groups in total. The summed E-state index contributed by atoms with van der Waals surface area (Å²) in [5, 5.41) is 17.5. The Balaban J connectivity index is 1.57. The fourth-order valence-corrected chi connectivity index (χ4v) is 4.78. The van der Waals surface area contributed by atoms with Gasteiger partial charge in [0, 0.05) is 29.8 Å². The molecular formula is C25H34ClN5O3S. The molecule has 2 aromatic rings. The van der Waals surface area contributed by atoms with Gasteiger partial charge in [0.25, 0.3) is 0 Å². The maximum absolute atomic E-state index is 12.0. The summed E-state index contributed by atoms with van der Waals surface area (Å²) in [7, 11) is -3.78. The minimum absolute atomic E-state index is 0.102. The number of aliphatic hydroxyl groups excluding tert-OH is 1. The van der Waals surface area contributed by atoms with Gasteiger partial charge in [0.15, 0.2) is 11.7 Å². The molecule has 3 rings (SSSR count). The van der Waals surface area contributed by atoms with E-state index in [1.165, 1.54) is 0 Å². The molecule has 1 unspecified atom stereocenters. The first kappa shape index (κ1) is 27.1. The average Bonchev–Trinajstić information content (AvgIpc) is 3.10. The number of rotatable bonds is 12. The van der Waals surface area contributed by atoms with E-state index in [-0.39, 0.29) is 17.7 Å². The van der Waals surface area contributed by atoms with E-state index in [9.17, 15) is 13.5 Å². The lowest BCUT2D eigenvalue weighted by molar-refractivity contribution is 0.170. The van der Waals surface area contributed by atoms with Gasteiger partial charge in [-0.1, -0.05) is 62.1 Å². The molecule has 2 atom stereocenters. The molecule has 0 radical (unpaired) electrons. The van der Waals surface area contributed by atoms with Crippen molar-refractivity contribution in [1.82, 2.24) is 10.0 Å². The number of anilines is 1. The summed E-state index contributed by atoms with van der Waals surface area (Å²) >= 11 is 6.01. The Morgan fingerprint density at radius 3 is 2.71 bits per heavy atom. The summed E-state index contributed by atoms with van der Waals surface area (Å²) in [4.78, 5) is 4.40. The third-order valence-electron chi connectivity index (χ3n) is 5.57. The number of aliphatic hydroxyl groups is 1. The summed E-state index contributed by atoms with van der Waals surface area (Å²) in [6.45, 7) is 5.13. The monoisotopic (exact) mass is 519 g/mol. The second-order valence-corrected chi connectivity index (χ2v) is 10.5. The maximum Gasteiger partial charge on any atom is 0.345 e. The van der Waals surface area contributed by atoms with Crippen molar-refractivity contribution in [2.75, 3.05) is 18.4 Å². The zero-order valence-electron chi connectivity index (χ0n) is 20.2. The Bertz CT molecular complexity index is 1150. The standard InChI is InChI=1S/C25H34ClN5O3S/c1-3-4-5-6-13-27-24-25(31-35(33,34)30-24)29-22-12-7-9-19(15-22)14-18(2)28-17-23(32)20-10-8-11-21(26)16-20/h7-12,15-16,18,23,28,32H,3-6,13-14,17H2,1-2H3,(H,27,30)(H,29,31)/t18?,23-/m0/s1. The minimum Gasteiger partial charge on any atom is -0.387 e. The zero-order chi connectivity index (χ0) is 25.3. The maximum atomic E-state index is 12.0. The number of nitrogens with one attached hydrogen (secondary N) is 3. The number of benzene rings is 2. The van der Waals surface area contributed by atoms with Gasteiger partial charge in [-0.3, -0.25) is 4.99 Å². The summed E-state index contributed by atoms with van der Waals surface area (Å²) in [5.41, 5.74) is 2.55. The van der Waals surface area contributed by atoms with Gasteiger partial charge in [-0.2, -0.15) is 8.42 Å². The Hall–Kier alpha value is -2.46. The minimum atomic E-state index is -3.78. The van der Waals surface area contributed by atoms with Crippen molar-refractivity contribution in [2.24, 2.45) is 9.39 Å². The van der Waals surface area contributed by atoms with E-state index in [1.54, 1.807) is 12.1 Å². The third kappa shape index (κ3) is 8.92. The molecule has 2 aromatic carbocycles. The number of nitrogens with zero attached hydrogens (tertiary/aromatic N) is 2. The molecule has 0 spiro atoms. The first-order valence-electron chi connectivity index (χ1n) is 12.0. The van der Waals surface area contributed by atoms with Crippen LogP contribution in [0.15, 0.2) is 57.9 Å². The molecule has 0 saturated heterocycles. The highest BCUT2D eigenvalue weighted by Gasteiger charge is 2.26. The smallest absolute Gasteiger partial charge is 0.345 e. The molecule has 1 aliphatic rings. The molecule has 0 aromatic heterocycles. The van der Waals surface area contributed by atoms with Crippen molar-refractivity contribution in [1.29, 1.82) is 0 Å². The lowest BCUT2D eigenvalue weighted by Gasteiger charge is -2.18. The number of hydrogen-bond donors (Lipinski definition) is 4. The zero-order valence-corrected chi connectivity index (χ0v) is 21.7. The lowest BCUT2D eigenvalue weighted by Crippen LogP contribution is -2.32. The van der Waals surface area contributed by atoms with Crippen LogP contribution >= 0.6 is 11.6 Å². The van der Waals surface area contributed by atoms with Crippen LogP contribution in [-0.2, 0) is 16.6 Å². The third-order valence-corrected chi connectivity index (χ3v) is 6.68. The van der Waals surface area contributed by atoms with Crippen LogP contribution in [0.4, 0.5) is 5.69 Å². The highest BCUT2D eigenvalue weighted by molar-refractivity contribution is 7.89. The topological polar surface area (TPSA) is 115 Å². The second kappa shape index (κ2) is 13.0. The van der Waals surface area contributed by atoms with Crippen LogP contribution in [0.1, 0.15) is 56.8 Å². The fraction of sp³-hybridized carbons (Fsp3) is 0.440. The first-order chi connectivity index (χ1) is 16.8. The van der Waals surface area contributed by atoms with Gasteiger partial charge in [0.1, 0.15) is 0 Å². The largest absolute Gasteiger partial charge is 0.387 e. The van der Waals surface area contributed by atoms with E-state index < -0.39 is 16.3 Å². The van der Waals surface area contributed by atoms with Crippen LogP contribution in [-0.4, -0.2) is 44.3 Å². The SMILES string of the molecule is CCCCCCN=C1NS(=O)(=O)N=C1Nc1cccc(CC(C)NC[C@H](O)c2cccc(Cl)c2)c1. The number of amidine groups is 2. The Kier molecular flexibility index (Phi) is 10.1. The molecule has 190 valence electrons. The van der Waals surface area contributed by atoms with Crippen LogP contribution < -0.4 is 15.4 Å². The van der Waals surface area contributed by atoms with Gasteiger partial charge >= 0.3 is 10.2 Å².